The van der Waals surface area contributed by atoms with E-state index in [4.69, 9.17) is 21.1 Å². The number of nitrogens with zero attached hydrogens (tertiary/aromatic N) is 1. The van der Waals surface area contributed by atoms with Crippen LogP contribution in [0.2, 0.25) is 5.02 Å². The first-order valence-electron chi connectivity index (χ1n) is 10.1. The molecule has 1 aliphatic heterocycles. The highest BCUT2D eigenvalue weighted by Gasteiger charge is 2.35. The van der Waals surface area contributed by atoms with Crippen molar-refractivity contribution in [1.82, 2.24) is 10.2 Å². The topological polar surface area (TPSA) is 97.0 Å². The Kier molecular flexibility index (Phi) is 7.37. The molecule has 168 valence electrons. The molecule has 2 aromatic carbocycles. The number of benzene rings is 2. The lowest BCUT2D eigenvalue weighted by Gasteiger charge is -2.13. The predicted octanol–water partition coefficient (Wildman–Crippen LogP) is 3.98. The number of urea groups is 1. The molecule has 0 aromatic heterocycles. The van der Waals surface area contributed by atoms with Gasteiger partial charge in [-0.05, 0) is 56.7 Å². The van der Waals surface area contributed by atoms with Gasteiger partial charge in [0, 0.05) is 5.69 Å². The quantitative estimate of drug-likeness (QED) is 0.461. The van der Waals surface area contributed by atoms with E-state index in [2.05, 4.69) is 10.6 Å². The summed E-state index contributed by atoms with van der Waals surface area (Å²) in [7, 11) is 0. The van der Waals surface area contributed by atoms with Gasteiger partial charge in [-0.2, -0.15) is 0 Å². The average molecular weight is 458 g/mol. The van der Waals surface area contributed by atoms with Gasteiger partial charge < -0.3 is 20.1 Å². The minimum atomic E-state index is -0.678. The van der Waals surface area contributed by atoms with E-state index in [1.54, 1.807) is 24.3 Å². The van der Waals surface area contributed by atoms with Gasteiger partial charge in [0.1, 0.15) is 12.2 Å². The third-order valence-electron chi connectivity index (χ3n) is 4.53. The molecule has 32 heavy (non-hydrogen) atoms. The number of hydrogen-bond donors (Lipinski definition) is 2. The monoisotopic (exact) mass is 457 g/mol. The lowest BCUT2D eigenvalue weighted by molar-refractivity contribution is -0.127. The number of rotatable bonds is 8. The predicted molar refractivity (Wildman–Crippen MR) is 122 cm³/mol. The first kappa shape index (κ1) is 23.1. The van der Waals surface area contributed by atoms with Gasteiger partial charge in [0.05, 0.1) is 18.2 Å². The van der Waals surface area contributed by atoms with Gasteiger partial charge in [-0.3, -0.25) is 9.59 Å². The Bertz CT molecular complexity index is 1070. The normalized spacial score (nSPS) is 14.5. The van der Waals surface area contributed by atoms with Gasteiger partial charge in [-0.15, -0.1) is 0 Å². The van der Waals surface area contributed by atoms with Crippen molar-refractivity contribution >= 4 is 41.2 Å². The van der Waals surface area contributed by atoms with Crippen LogP contribution in [-0.2, 0) is 9.59 Å². The summed E-state index contributed by atoms with van der Waals surface area (Å²) in [4.78, 5) is 38.2. The molecule has 2 aromatic rings. The summed E-state index contributed by atoms with van der Waals surface area (Å²) >= 11 is 6.31. The Hall–Kier alpha value is -3.52. The molecule has 0 unspecified atom stereocenters. The van der Waals surface area contributed by atoms with Gasteiger partial charge in [0.2, 0.25) is 5.91 Å². The molecule has 9 heteroatoms. The standard InChI is InChI=1S/C23H24ClN3O5/c1-4-31-19-12-15(10-17(24)21(19)32-5-2)11-18-22(29)27(23(30)26-18)13-20(28)25-16-8-6-14(3)7-9-16/h6-12H,4-5,13H2,1-3H3,(H,25,28)(H,26,30)/b18-11+. The molecular formula is C23H24ClN3O5. The Morgan fingerprint density at radius 3 is 2.47 bits per heavy atom. The number of amides is 4. The molecule has 0 atom stereocenters. The number of hydrogen-bond acceptors (Lipinski definition) is 5. The Morgan fingerprint density at radius 1 is 1.12 bits per heavy atom. The summed E-state index contributed by atoms with van der Waals surface area (Å²) in [5.74, 6) is -0.257. The zero-order chi connectivity index (χ0) is 23.3. The van der Waals surface area contributed by atoms with E-state index in [0.717, 1.165) is 10.5 Å². The second-order valence-corrected chi connectivity index (χ2v) is 7.40. The van der Waals surface area contributed by atoms with Crippen molar-refractivity contribution in [1.29, 1.82) is 0 Å². The molecule has 1 heterocycles. The Balaban J connectivity index is 1.76. The van der Waals surface area contributed by atoms with Crippen molar-refractivity contribution in [2.45, 2.75) is 20.8 Å². The number of carbonyl (C=O) groups excluding carboxylic acids is 3. The molecule has 8 nitrogen and oxygen atoms in total. The van der Waals surface area contributed by atoms with Crippen molar-refractivity contribution in [3.05, 3.63) is 58.2 Å². The molecule has 1 saturated heterocycles. The van der Waals surface area contributed by atoms with Crippen LogP contribution < -0.4 is 20.1 Å². The number of ether oxygens (including phenoxy) is 2. The van der Waals surface area contributed by atoms with Crippen LogP contribution in [0.25, 0.3) is 6.08 Å². The van der Waals surface area contributed by atoms with E-state index in [0.29, 0.717) is 41.0 Å². The highest BCUT2D eigenvalue weighted by atomic mass is 35.5. The average Bonchev–Trinajstić information content (AvgIpc) is 3.00. The van der Waals surface area contributed by atoms with Crippen molar-refractivity contribution in [2.24, 2.45) is 0 Å². The highest BCUT2D eigenvalue weighted by Crippen LogP contribution is 2.37. The fourth-order valence-corrected chi connectivity index (χ4v) is 3.36. The van der Waals surface area contributed by atoms with Crippen molar-refractivity contribution < 1.29 is 23.9 Å². The summed E-state index contributed by atoms with van der Waals surface area (Å²) in [6.07, 6.45) is 1.47. The molecule has 0 radical (unpaired) electrons. The maximum atomic E-state index is 12.7. The summed E-state index contributed by atoms with van der Waals surface area (Å²) in [6.45, 7) is 5.99. The molecule has 3 rings (SSSR count). The van der Waals surface area contributed by atoms with Crippen LogP contribution in [0.15, 0.2) is 42.1 Å². The molecule has 0 aliphatic carbocycles. The summed E-state index contributed by atoms with van der Waals surface area (Å²) in [6, 6.07) is 9.79. The van der Waals surface area contributed by atoms with Crippen LogP contribution >= 0.6 is 11.6 Å². The van der Waals surface area contributed by atoms with Gasteiger partial charge in [0.15, 0.2) is 11.5 Å². The maximum absolute atomic E-state index is 12.7. The molecule has 4 amide bonds. The van der Waals surface area contributed by atoms with Crippen molar-refractivity contribution in [3.63, 3.8) is 0 Å². The second-order valence-electron chi connectivity index (χ2n) is 6.99. The van der Waals surface area contributed by atoms with Gasteiger partial charge >= 0.3 is 6.03 Å². The zero-order valence-corrected chi connectivity index (χ0v) is 18.8. The van der Waals surface area contributed by atoms with Crippen LogP contribution in [0, 0.1) is 6.92 Å². The molecule has 1 aliphatic rings. The molecule has 2 N–H and O–H groups in total. The smallest absolute Gasteiger partial charge is 0.329 e. The third-order valence-corrected chi connectivity index (χ3v) is 4.81. The highest BCUT2D eigenvalue weighted by molar-refractivity contribution is 6.32. The minimum absolute atomic E-state index is 0.0285. The number of halogens is 1. The van der Waals surface area contributed by atoms with E-state index < -0.39 is 24.4 Å². The molecule has 0 bridgehead atoms. The van der Waals surface area contributed by atoms with E-state index in [1.165, 1.54) is 6.08 Å². The SMILES string of the molecule is CCOc1cc(/C=C2/NC(=O)N(CC(=O)Nc3ccc(C)cc3)C2=O)cc(Cl)c1OCC. The maximum Gasteiger partial charge on any atom is 0.329 e. The molecular weight excluding hydrogens is 434 g/mol. The van der Waals surface area contributed by atoms with E-state index in [-0.39, 0.29) is 5.70 Å². The van der Waals surface area contributed by atoms with Crippen molar-refractivity contribution in [2.75, 3.05) is 25.1 Å². The fraction of sp³-hybridized carbons (Fsp3) is 0.261. The first-order chi connectivity index (χ1) is 15.3. The minimum Gasteiger partial charge on any atom is -0.490 e. The lowest BCUT2D eigenvalue weighted by atomic mass is 10.1. The van der Waals surface area contributed by atoms with Gasteiger partial charge in [-0.25, -0.2) is 9.69 Å². The number of carbonyl (C=O) groups is 3. The van der Waals surface area contributed by atoms with Crippen LogP contribution in [0.4, 0.5) is 10.5 Å². The second kappa shape index (κ2) is 10.2. The van der Waals surface area contributed by atoms with Crippen LogP contribution in [0.3, 0.4) is 0 Å². The number of anilines is 1. The van der Waals surface area contributed by atoms with Gasteiger partial charge in [-0.1, -0.05) is 29.3 Å². The molecule has 1 fully saturated rings. The molecule has 0 saturated carbocycles. The lowest BCUT2D eigenvalue weighted by Crippen LogP contribution is -2.38. The Morgan fingerprint density at radius 2 is 1.81 bits per heavy atom. The van der Waals surface area contributed by atoms with Crippen LogP contribution in [-0.4, -0.2) is 42.5 Å². The third kappa shape index (κ3) is 5.39. The largest absolute Gasteiger partial charge is 0.490 e. The number of imide groups is 1. The van der Waals surface area contributed by atoms with E-state index in [1.807, 2.05) is 32.9 Å². The number of nitrogens with one attached hydrogen (secondary N) is 2. The summed E-state index contributed by atoms with van der Waals surface area (Å²) in [5.41, 5.74) is 2.20. The van der Waals surface area contributed by atoms with Crippen molar-refractivity contribution in [3.8, 4) is 11.5 Å². The number of aryl methyl sites for hydroxylation is 1. The fourth-order valence-electron chi connectivity index (χ4n) is 3.08. The van der Waals surface area contributed by atoms with E-state index >= 15 is 0 Å². The van der Waals surface area contributed by atoms with Crippen LogP contribution in [0.5, 0.6) is 11.5 Å². The molecule has 0 spiro atoms. The van der Waals surface area contributed by atoms with Gasteiger partial charge in [0.25, 0.3) is 5.91 Å². The first-order valence-corrected chi connectivity index (χ1v) is 10.5. The van der Waals surface area contributed by atoms with E-state index in [9.17, 15) is 14.4 Å². The zero-order valence-electron chi connectivity index (χ0n) is 18.0. The Labute approximate surface area is 191 Å². The summed E-state index contributed by atoms with van der Waals surface area (Å²) < 4.78 is 11.1. The summed E-state index contributed by atoms with van der Waals surface area (Å²) in [5, 5.41) is 5.48. The van der Waals surface area contributed by atoms with Crippen LogP contribution in [0.1, 0.15) is 25.0 Å².